The Kier molecular flexibility index (Phi) is 6.71. The van der Waals surface area contributed by atoms with E-state index in [1.165, 1.54) is 5.56 Å². The number of amides is 2. The number of hydrogen-bond donors (Lipinski definition) is 0. The zero-order chi connectivity index (χ0) is 18.6. The van der Waals surface area contributed by atoms with Crippen LogP contribution in [0.2, 0.25) is 0 Å². The third-order valence-electron chi connectivity index (χ3n) is 4.45. The number of alkyl halides is 1. The third-order valence-corrected chi connectivity index (χ3v) is 4.64. The standard InChI is InChI=1S/C19H27ClN2O3/c1-13(2)16-5-7-17(8-6-16)25-15(4)19(24)22-11-9-21(10-12-22)18(23)14(3)20/h5-8,13-15H,9-12H2,1-4H3. The Morgan fingerprint density at radius 2 is 1.40 bits per heavy atom. The minimum atomic E-state index is -0.556. The van der Waals surface area contributed by atoms with E-state index in [-0.39, 0.29) is 11.8 Å². The second-order valence-electron chi connectivity index (χ2n) is 6.75. The van der Waals surface area contributed by atoms with Gasteiger partial charge in [-0.05, 0) is 37.5 Å². The highest BCUT2D eigenvalue weighted by molar-refractivity contribution is 6.30. The van der Waals surface area contributed by atoms with E-state index < -0.39 is 11.5 Å². The summed E-state index contributed by atoms with van der Waals surface area (Å²) in [7, 11) is 0. The third kappa shape index (κ3) is 5.11. The second-order valence-corrected chi connectivity index (χ2v) is 7.41. The number of benzene rings is 1. The maximum absolute atomic E-state index is 12.6. The molecule has 0 saturated carbocycles. The van der Waals surface area contributed by atoms with Crippen molar-refractivity contribution in [2.45, 2.75) is 45.1 Å². The first-order valence-electron chi connectivity index (χ1n) is 8.78. The van der Waals surface area contributed by atoms with Gasteiger partial charge in [-0.15, -0.1) is 11.6 Å². The summed E-state index contributed by atoms with van der Waals surface area (Å²) in [4.78, 5) is 27.9. The van der Waals surface area contributed by atoms with Gasteiger partial charge in [0, 0.05) is 26.2 Å². The molecular weight excluding hydrogens is 340 g/mol. The van der Waals surface area contributed by atoms with E-state index in [4.69, 9.17) is 16.3 Å². The lowest BCUT2D eigenvalue weighted by Gasteiger charge is -2.36. The number of piperazine rings is 1. The number of carbonyl (C=O) groups is 2. The van der Waals surface area contributed by atoms with Crippen LogP contribution in [0.4, 0.5) is 0 Å². The molecule has 1 heterocycles. The monoisotopic (exact) mass is 366 g/mol. The Morgan fingerprint density at radius 3 is 1.84 bits per heavy atom. The number of ether oxygens (including phenoxy) is 1. The van der Waals surface area contributed by atoms with Crippen LogP contribution in [0.15, 0.2) is 24.3 Å². The van der Waals surface area contributed by atoms with Gasteiger partial charge in [-0.3, -0.25) is 9.59 Å². The lowest BCUT2D eigenvalue weighted by molar-refractivity contribution is -0.143. The molecule has 0 aliphatic carbocycles. The number of rotatable bonds is 5. The van der Waals surface area contributed by atoms with Crippen molar-refractivity contribution >= 4 is 23.4 Å². The van der Waals surface area contributed by atoms with E-state index in [9.17, 15) is 9.59 Å². The Bertz CT molecular complexity index is 593. The van der Waals surface area contributed by atoms with Gasteiger partial charge in [0.1, 0.15) is 11.1 Å². The predicted octanol–water partition coefficient (Wildman–Crippen LogP) is 2.88. The molecule has 0 radical (unpaired) electrons. The molecule has 25 heavy (non-hydrogen) atoms. The van der Waals surface area contributed by atoms with E-state index in [0.717, 1.165) is 0 Å². The van der Waals surface area contributed by atoms with Gasteiger partial charge in [-0.2, -0.15) is 0 Å². The minimum absolute atomic E-state index is 0.0565. The van der Waals surface area contributed by atoms with Crippen molar-refractivity contribution in [2.24, 2.45) is 0 Å². The van der Waals surface area contributed by atoms with Crippen molar-refractivity contribution in [3.8, 4) is 5.75 Å². The summed E-state index contributed by atoms with van der Waals surface area (Å²) in [6, 6.07) is 7.85. The highest BCUT2D eigenvalue weighted by Gasteiger charge is 2.29. The van der Waals surface area contributed by atoms with E-state index >= 15 is 0 Å². The Balaban J connectivity index is 1.87. The first-order valence-corrected chi connectivity index (χ1v) is 9.21. The van der Waals surface area contributed by atoms with Crippen molar-refractivity contribution in [3.05, 3.63) is 29.8 Å². The molecule has 0 N–H and O–H groups in total. The van der Waals surface area contributed by atoms with Crippen molar-refractivity contribution in [1.29, 1.82) is 0 Å². The summed E-state index contributed by atoms with van der Waals surface area (Å²) < 4.78 is 5.78. The Hall–Kier alpha value is -1.75. The topological polar surface area (TPSA) is 49.9 Å². The van der Waals surface area contributed by atoms with Crippen LogP contribution in [0, 0.1) is 0 Å². The molecule has 138 valence electrons. The lowest BCUT2D eigenvalue weighted by atomic mass is 10.0. The molecule has 5 nitrogen and oxygen atoms in total. The van der Waals surface area contributed by atoms with Crippen molar-refractivity contribution < 1.29 is 14.3 Å². The fourth-order valence-corrected chi connectivity index (χ4v) is 2.98. The molecular formula is C19H27ClN2O3. The van der Waals surface area contributed by atoms with Crippen LogP contribution >= 0.6 is 11.6 Å². The van der Waals surface area contributed by atoms with Crippen LogP contribution in [0.3, 0.4) is 0 Å². The predicted molar refractivity (Wildman–Crippen MR) is 99.1 cm³/mol. The summed E-state index contributed by atoms with van der Waals surface area (Å²) in [6.07, 6.45) is -0.556. The first kappa shape index (κ1) is 19.6. The zero-order valence-corrected chi connectivity index (χ0v) is 16.1. The van der Waals surface area contributed by atoms with Crippen LogP contribution in [0.5, 0.6) is 5.75 Å². The Morgan fingerprint density at radius 1 is 0.920 bits per heavy atom. The number of carbonyl (C=O) groups excluding carboxylic acids is 2. The fourth-order valence-electron chi connectivity index (χ4n) is 2.84. The summed E-state index contributed by atoms with van der Waals surface area (Å²) in [6.45, 7) is 9.74. The summed E-state index contributed by atoms with van der Waals surface area (Å²) in [5.74, 6) is 1.01. The molecule has 2 rings (SSSR count). The van der Waals surface area contributed by atoms with Gasteiger partial charge in [0.05, 0.1) is 0 Å². The smallest absolute Gasteiger partial charge is 0.263 e. The largest absolute Gasteiger partial charge is 0.481 e. The molecule has 2 unspecified atom stereocenters. The molecule has 0 bridgehead atoms. The molecule has 1 aromatic carbocycles. The van der Waals surface area contributed by atoms with E-state index in [1.54, 1.807) is 23.6 Å². The molecule has 1 aliphatic heterocycles. The molecule has 2 amide bonds. The van der Waals surface area contributed by atoms with E-state index in [1.807, 2.05) is 24.3 Å². The molecule has 1 fully saturated rings. The van der Waals surface area contributed by atoms with Gasteiger partial charge in [0.2, 0.25) is 5.91 Å². The molecule has 6 heteroatoms. The zero-order valence-electron chi connectivity index (χ0n) is 15.4. The first-order chi connectivity index (χ1) is 11.8. The Labute approximate surface area is 154 Å². The molecule has 1 saturated heterocycles. The van der Waals surface area contributed by atoms with Gasteiger partial charge < -0.3 is 14.5 Å². The summed E-state index contributed by atoms with van der Waals surface area (Å²) in [5, 5.41) is -0.529. The molecule has 1 aromatic rings. The van der Waals surface area contributed by atoms with Crippen molar-refractivity contribution in [2.75, 3.05) is 26.2 Å². The molecule has 1 aliphatic rings. The highest BCUT2D eigenvalue weighted by Crippen LogP contribution is 2.20. The van der Waals surface area contributed by atoms with Gasteiger partial charge in [-0.1, -0.05) is 26.0 Å². The second kappa shape index (κ2) is 8.56. The summed E-state index contributed by atoms with van der Waals surface area (Å²) >= 11 is 5.84. The maximum Gasteiger partial charge on any atom is 0.263 e. The quantitative estimate of drug-likeness (QED) is 0.753. The van der Waals surface area contributed by atoms with E-state index in [2.05, 4.69) is 13.8 Å². The average Bonchev–Trinajstić information content (AvgIpc) is 2.60. The van der Waals surface area contributed by atoms with Crippen molar-refractivity contribution in [1.82, 2.24) is 9.80 Å². The summed E-state index contributed by atoms with van der Waals surface area (Å²) in [5.41, 5.74) is 1.24. The van der Waals surface area contributed by atoms with E-state index in [0.29, 0.717) is 37.8 Å². The van der Waals surface area contributed by atoms with Gasteiger partial charge >= 0.3 is 0 Å². The highest BCUT2D eigenvalue weighted by atomic mass is 35.5. The van der Waals surface area contributed by atoms with Gasteiger partial charge in [-0.25, -0.2) is 0 Å². The van der Waals surface area contributed by atoms with Crippen LogP contribution in [-0.4, -0.2) is 59.3 Å². The number of hydrogen-bond acceptors (Lipinski definition) is 3. The molecule has 0 spiro atoms. The van der Waals surface area contributed by atoms with Crippen LogP contribution in [-0.2, 0) is 9.59 Å². The number of halogens is 1. The van der Waals surface area contributed by atoms with Crippen LogP contribution < -0.4 is 4.74 Å². The SMILES string of the molecule is CC(Cl)C(=O)N1CCN(C(=O)C(C)Oc2ccc(C(C)C)cc2)CC1. The molecule has 2 atom stereocenters. The normalized spacial score (nSPS) is 17.4. The average molecular weight is 367 g/mol. The lowest BCUT2D eigenvalue weighted by Crippen LogP contribution is -2.54. The van der Waals surface area contributed by atoms with Crippen LogP contribution in [0.25, 0.3) is 0 Å². The molecule has 0 aromatic heterocycles. The maximum atomic E-state index is 12.6. The number of nitrogens with zero attached hydrogens (tertiary/aromatic N) is 2. The van der Waals surface area contributed by atoms with Crippen molar-refractivity contribution in [3.63, 3.8) is 0 Å². The minimum Gasteiger partial charge on any atom is -0.481 e. The van der Waals surface area contributed by atoms with Gasteiger partial charge in [0.25, 0.3) is 5.91 Å². The fraction of sp³-hybridized carbons (Fsp3) is 0.579. The van der Waals surface area contributed by atoms with Crippen LogP contribution in [0.1, 0.15) is 39.2 Å². The van der Waals surface area contributed by atoms with Gasteiger partial charge in [0.15, 0.2) is 6.10 Å².